The summed E-state index contributed by atoms with van der Waals surface area (Å²) < 4.78 is 1.14. The first-order chi connectivity index (χ1) is 15.4. The molecule has 1 atom stereocenters. The molecule has 7 heteroatoms. The average molecular weight is 446 g/mol. The van der Waals surface area contributed by atoms with Gasteiger partial charge in [0.1, 0.15) is 6.04 Å². The summed E-state index contributed by atoms with van der Waals surface area (Å²) in [6.45, 7) is 3.52. The summed E-state index contributed by atoms with van der Waals surface area (Å²) in [4.78, 5) is 28.3. The van der Waals surface area contributed by atoms with Gasteiger partial charge in [0, 0.05) is 11.3 Å². The Morgan fingerprint density at radius 1 is 0.906 bits per heavy atom. The number of thiazole rings is 1. The number of rotatable bonds is 7. The molecule has 0 aliphatic carbocycles. The van der Waals surface area contributed by atoms with Gasteiger partial charge in [0.05, 0.1) is 10.2 Å². The molecular formula is C25H23N3O3S. The Morgan fingerprint density at radius 2 is 1.53 bits per heavy atom. The number of carbonyl (C=O) groups is 2. The number of fused-ring (bicyclic) bond motifs is 1. The Labute approximate surface area is 189 Å². The quantitative estimate of drug-likeness (QED) is 0.347. The largest absolute Gasteiger partial charge is 0.480 e. The number of aromatic nitrogens is 1. The summed E-state index contributed by atoms with van der Waals surface area (Å²) in [5, 5.41) is 16.0. The van der Waals surface area contributed by atoms with Crippen LogP contribution in [0.1, 0.15) is 24.2 Å². The zero-order valence-electron chi connectivity index (χ0n) is 17.7. The predicted molar refractivity (Wildman–Crippen MR) is 129 cm³/mol. The zero-order chi connectivity index (χ0) is 22.7. The number of carbonyl (C=O) groups excluding carboxylic acids is 1. The van der Waals surface area contributed by atoms with Crippen LogP contribution in [-0.4, -0.2) is 28.0 Å². The van der Waals surface area contributed by atoms with Gasteiger partial charge in [-0.1, -0.05) is 61.6 Å². The van der Waals surface area contributed by atoms with Crippen molar-refractivity contribution in [2.75, 3.05) is 5.32 Å². The highest BCUT2D eigenvalue weighted by atomic mass is 32.1. The molecule has 0 radical (unpaired) electrons. The first kappa shape index (κ1) is 21.5. The Kier molecular flexibility index (Phi) is 6.18. The average Bonchev–Trinajstić information content (AvgIpc) is 3.20. The van der Waals surface area contributed by atoms with Gasteiger partial charge in [0.25, 0.3) is 5.91 Å². The van der Waals surface area contributed by atoms with Gasteiger partial charge in [-0.3, -0.25) is 4.79 Å². The fourth-order valence-electron chi connectivity index (χ4n) is 3.35. The van der Waals surface area contributed by atoms with Crippen LogP contribution in [0.15, 0.2) is 72.8 Å². The minimum absolute atomic E-state index is 0.203. The smallest absolute Gasteiger partial charge is 0.326 e. The number of amides is 1. The highest BCUT2D eigenvalue weighted by Gasteiger charge is 2.23. The van der Waals surface area contributed by atoms with Crippen LogP contribution in [0.3, 0.4) is 0 Å². The molecule has 1 amide bonds. The predicted octanol–water partition coefficient (Wildman–Crippen LogP) is 5.55. The molecule has 0 saturated carbocycles. The molecule has 0 unspecified atom stereocenters. The summed E-state index contributed by atoms with van der Waals surface area (Å²) in [6, 6.07) is 22.2. The highest BCUT2D eigenvalue weighted by molar-refractivity contribution is 7.22. The van der Waals surface area contributed by atoms with E-state index in [4.69, 9.17) is 0 Å². The lowest BCUT2D eigenvalue weighted by atomic mass is 10.0. The maximum atomic E-state index is 12.4. The van der Waals surface area contributed by atoms with Crippen LogP contribution in [-0.2, 0) is 4.79 Å². The number of hydrogen-bond acceptors (Lipinski definition) is 5. The number of carboxylic acids is 1. The number of aliphatic carboxylic acids is 1. The van der Waals surface area contributed by atoms with Crippen LogP contribution < -0.4 is 10.6 Å². The van der Waals surface area contributed by atoms with Crippen molar-refractivity contribution in [3.63, 3.8) is 0 Å². The number of anilines is 2. The third kappa shape index (κ3) is 4.78. The van der Waals surface area contributed by atoms with Gasteiger partial charge in [0.2, 0.25) is 0 Å². The number of nitrogens with zero attached hydrogens (tertiary/aromatic N) is 1. The van der Waals surface area contributed by atoms with Crippen molar-refractivity contribution in [2.45, 2.75) is 19.9 Å². The van der Waals surface area contributed by atoms with Crippen LogP contribution in [0.2, 0.25) is 0 Å². The van der Waals surface area contributed by atoms with Crippen molar-refractivity contribution in [2.24, 2.45) is 5.92 Å². The fraction of sp³-hybridized carbons (Fsp3) is 0.160. The number of carboxylic acid groups (broad SMARTS) is 1. The van der Waals surface area contributed by atoms with E-state index in [2.05, 4.69) is 21.7 Å². The molecule has 1 aromatic heterocycles. The summed E-state index contributed by atoms with van der Waals surface area (Å²) in [7, 11) is 0. The van der Waals surface area contributed by atoms with E-state index < -0.39 is 17.9 Å². The molecule has 3 aromatic carbocycles. The van der Waals surface area contributed by atoms with Gasteiger partial charge in [-0.15, -0.1) is 0 Å². The Bertz CT molecular complexity index is 1210. The van der Waals surface area contributed by atoms with Crippen molar-refractivity contribution in [3.8, 4) is 11.1 Å². The number of para-hydroxylation sites is 1. The number of hydrogen-bond donors (Lipinski definition) is 3. The second kappa shape index (κ2) is 9.20. The maximum Gasteiger partial charge on any atom is 0.326 e. The summed E-state index contributed by atoms with van der Waals surface area (Å²) in [5.41, 5.74) is 4.32. The molecule has 0 fully saturated rings. The van der Waals surface area contributed by atoms with E-state index in [0.29, 0.717) is 5.56 Å². The van der Waals surface area contributed by atoms with Crippen LogP contribution in [0, 0.1) is 5.92 Å². The fourth-order valence-corrected chi connectivity index (χ4v) is 4.23. The van der Waals surface area contributed by atoms with E-state index in [0.717, 1.165) is 32.2 Å². The minimum atomic E-state index is -1.04. The van der Waals surface area contributed by atoms with E-state index in [1.807, 2.05) is 54.6 Å². The van der Waals surface area contributed by atoms with Gasteiger partial charge >= 0.3 is 5.97 Å². The first-order valence-electron chi connectivity index (χ1n) is 10.3. The topological polar surface area (TPSA) is 91.3 Å². The lowest BCUT2D eigenvalue weighted by Crippen LogP contribution is -2.44. The molecule has 0 aliphatic heterocycles. The third-order valence-electron chi connectivity index (χ3n) is 5.13. The molecule has 3 N–H and O–H groups in total. The van der Waals surface area contributed by atoms with Crippen LogP contribution in [0.5, 0.6) is 0 Å². The first-order valence-corrected chi connectivity index (χ1v) is 11.1. The molecule has 4 aromatic rings. The number of benzene rings is 3. The molecular weight excluding hydrogens is 422 g/mol. The molecule has 0 saturated heterocycles. The summed E-state index contributed by atoms with van der Waals surface area (Å²) in [5.74, 6) is -1.64. The standard InChI is InChI=1S/C25H23N3O3S/c1-15(2)22(24(30)31)28-23(29)18-9-7-16(8-10-18)17-11-13-19(14-12-17)26-25-27-20-5-3-4-6-21(20)32-25/h3-15,22H,1-2H3,(H,26,27)(H,28,29)(H,30,31)/t22-/m1/s1. The Balaban J connectivity index is 1.43. The van der Waals surface area contributed by atoms with Crippen LogP contribution in [0.4, 0.5) is 10.8 Å². The molecule has 0 aliphatic rings. The van der Waals surface area contributed by atoms with E-state index in [9.17, 15) is 14.7 Å². The van der Waals surface area contributed by atoms with Crippen molar-refractivity contribution < 1.29 is 14.7 Å². The van der Waals surface area contributed by atoms with E-state index >= 15 is 0 Å². The molecule has 162 valence electrons. The van der Waals surface area contributed by atoms with E-state index in [1.165, 1.54) is 0 Å². The summed E-state index contributed by atoms with van der Waals surface area (Å²) >= 11 is 1.61. The lowest BCUT2D eigenvalue weighted by molar-refractivity contribution is -0.140. The second-order valence-corrected chi connectivity index (χ2v) is 8.83. The minimum Gasteiger partial charge on any atom is -0.480 e. The monoisotopic (exact) mass is 445 g/mol. The normalized spacial score (nSPS) is 12.0. The van der Waals surface area contributed by atoms with Gasteiger partial charge in [-0.05, 0) is 53.4 Å². The van der Waals surface area contributed by atoms with Crippen LogP contribution in [0.25, 0.3) is 21.3 Å². The van der Waals surface area contributed by atoms with Crippen molar-refractivity contribution in [1.29, 1.82) is 0 Å². The third-order valence-corrected chi connectivity index (χ3v) is 6.08. The van der Waals surface area contributed by atoms with E-state index in [-0.39, 0.29) is 5.92 Å². The van der Waals surface area contributed by atoms with Gasteiger partial charge < -0.3 is 15.7 Å². The van der Waals surface area contributed by atoms with Crippen molar-refractivity contribution >= 4 is 44.2 Å². The zero-order valence-corrected chi connectivity index (χ0v) is 18.5. The van der Waals surface area contributed by atoms with Crippen molar-refractivity contribution in [3.05, 3.63) is 78.4 Å². The second-order valence-electron chi connectivity index (χ2n) is 7.80. The molecule has 32 heavy (non-hydrogen) atoms. The van der Waals surface area contributed by atoms with Gasteiger partial charge in [-0.25, -0.2) is 9.78 Å². The molecule has 6 nitrogen and oxygen atoms in total. The maximum absolute atomic E-state index is 12.4. The molecule has 4 rings (SSSR count). The Morgan fingerprint density at radius 3 is 2.12 bits per heavy atom. The van der Waals surface area contributed by atoms with Crippen LogP contribution >= 0.6 is 11.3 Å². The molecule has 1 heterocycles. The van der Waals surface area contributed by atoms with E-state index in [1.54, 1.807) is 37.3 Å². The number of nitrogens with one attached hydrogen (secondary N) is 2. The molecule has 0 bridgehead atoms. The van der Waals surface area contributed by atoms with Crippen molar-refractivity contribution in [1.82, 2.24) is 10.3 Å². The lowest BCUT2D eigenvalue weighted by Gasteiger charge is -2.18. The van der Waals surface area contributed by atoms with Gasteiger partial charge in [-0.2, -0.15) is 0 Å². The SMILES string of the molecule is CC(C)[C@@H](NC(=O)c1ccc(-c2ccc(Nc3nc4ccccc4s3)cc2)cc1)C(=O)O. The summed E-state index contributed by atoms with van der Waals surface area (Å²) in [6.07, 6.45) is 0. The van der Waals surface area contributed by atoms with Gasteiger partial charge in [0.15, 0.2) is 5.13 Å². The highest BCUT2D eigenvalue weighted by Crippen LogP contribution is 2.29. The molecule has 0 spiro atoms. The Hall–Kier alpha value is -3.71.